The molecule has 308 valence electrons. The minimum absolute atomic E-state index is 0. The van der Waals surface area contributed by atoms with Crippen LogP contribution in [0.1, 0.15) is 22.4 Å². The van der Waals surface area contributed by atoms with Gasteiger partial charge >= 0.3 is 0 Å². The lowest BCUT2D eigenvalue weighted by Crippen LogP contribution is -3.00. The lowest BCUT2D eigenvalue weighted by Gasteiger charge is -2.16. The number of anilines is 1. The second-order valence-electron chi connectivity index (χ2n) is 13.7. The van der Waals surface area contributed by atoms with Crippen molar-refractivity contribution in [2.45, 2.75) is 13.1 Å². The molecule has 7 aromatic rings. The highest BCUT2D eigenvalue weighted by Crippen LogP contribution is 2.25. The summed E-state index contributed by atoms with van der Waals surface area (Å²) in [7, 11) is 13.5. The normalized spacial score (nSPS) is 10.5. The average Bonchev–Trinajstić information content (AvgIpc) is 3.78. The number of nitrogens with one attached hydrogen (secondary N) is 3. The zero-order valence-electron chi connectivity index (χ0n) is 33.2. The molecule has 1 aromatic carbocycles. The van der Waals surface area contributed by atoms with Crippen molar-refractivity contribution >= 4 is 90.7 Å². The Balaban J connectivity index is 0.000000243. The average molecular weight is 1130 g/mol. The predicted molar refractivity (Wildman–Crippen MR) is 239 cm³/mol. The number of alkyl halides is 1. The molecule has 17 heteroatoms. The van der Waals surface area contributed by atoms with Crippen LogP contribution in [-0.4, -0.2) is 114 Å². The Morgan fingerprint density at radius 1 is 0.707 bits per heavy atom. The first-order valence-corrected chi connectivity index (χ1v) is 19.6. The number of fused-ring (bicyclic) bond motifs is 3. The zero-order valence-corrected chi connectivity index (χ0v) is 39.6. The quantitative estimate of drug-likeness (QED) is 0.0668. The minimum Gasteiger partial charge on any atom is -1.00 e. The molecule has 6 aromatic heterocycles. The molecule has 0 unspecified atom stereocenters. The van der Waals surface area contributed by atoms with Crippen molar-refractivity contribution in [2.75, 3.05) is 67.5 Å². The van der Waals surface area contributed by atoms with Crippen LogP contribution < -0.4 is 28.9 Å². The number of hydrogen-bond acceptors (Lipinski definition) is 6. The van der Waals surface area contributed by atoms with Gasteiger partial charge in [-0.15, -0.1) is 0 Å². The van der Waals surface area contributed by atoms with Crippen LogP contribution in [0.5, 0.6) is 0 Å². The van der Waals surface area contributed by atoms with Crippen LogP contribution in [0.15, 0.2) is 67.1 Å². The van der Waals surface area contributed by atoms with E-state index in [-0.39, 0.29) is 48.1 Å². The molecule has 0 fully saturated rings. The molecular weight excluding hydrogens is 1090 g/mol. The molecule has 0 saturated heterocycles. The predicted octanol–water partition coefficient (Wildman–Crippen LogP) is 5.21. The topological polar surface area (TPSA) is 98.8 Å². The third kappa shape index (κ3) is 14.5. The molecule has 0 aliphatic heterocycles. The molecule has 58 heavy (non-hydrogen) atoms. The van der Waals surface area contributed by atoms with Crippen LogP contribution in [0.25, 0.3) is 33.1 Å². The largest absolute Gasteiger partial charge is 1.00 e. The molecule has 0 amide bonds. The summed E-state index contributed by atoms with van der Waals surface area (Å²) in [4.78, 5) is 27.2. The maximum atomic E-state index is 13.6. The van der Waals surface area contributed by atoms with Crippen LogP contribution in [0.2, 0.25) is 0 Å². The molecule has 0 radical (unpaired) electrons. The van der Waals surface area contributed by atoms with Gasteiger partial charge in [-0.25, -0.2) is 37.1 Å². The number of nitrogens with zero attached hydrogens (tertiary/aromatic N) is 7. The van der Waals surface area contributed by atoms with E-state index in [1.165, 1.54) is 36.8 Å². The first-order chi connectivity index (χ1) is 27.0. The summed E-state index contributed by atoms with van der Waals surface area (Å²) in [5.41, 5.74) is 6.65. The minimum atomic E-state index is -0.387. The molecular formula is C41H45F4I3N10. The highest BCUT2D eigenvalue weighted by molar-refractivity contribution is 14.1. The number of pyridine rings is 3. The van der Waals surface area contributed by atoms with Gasteiger partial charge in [-0.05, 0) is 128 Å². The monoisotopic (exact) mass is 1130 g/mol. The Kier molecular flexibility index (Phi) is 19.3. The fraction of sp³-hybridized carbons (Fsp3) is 0.268. The van der Waals surface area contributed by atoms with Gasteiger partial charge in [-0.1, -0.05) is 5.92 Å². The summed E-state index contributed by atoms with van der Waals surface area (Å²) in [6.45, 7) is 4.85. The Bertz CT molecular complexity index is 2480. The van der Waals surface area contributed by atoms with E-state index in [0.717, 1.165) is 69.5 Å². The molecule has 7 rings (SSSR count). The first kappa shape index (κ1) is 48.5. The van der Waals surface area contributed by atoms with E-state index < -0.39 is 0 Å². The lowest BCUT2D eigenvalue weighted by molar-refractivity contribution is -0.454. The van der Waals surface area contributed by atoms with Crippen molar-refractivity contribution in [1.82, 2.24) is 39.7 Å². The zero-order chi connectivity index (χ0) is 41.8. The first-order valence-electron chi connectivity index (χ1n) is 17.5. The second-order valence-corrected chi connectivity index (χ2v) is 15.9. The second kappa shape index (κ2) is 23.1. The van der Waals surface area contributed by atoms with Crippen molar-refractivity contribution in [2.24, 2.45) is 0 Å². The summed E-state index contributed by atoms with van der Waals surface area (Å²) in [6, 6.07) is 14.0. The molecule has 6 heterocycles. The molecule has 0 saturated carbocycles. The third-order valence-electron chi connectivity index (χ3n) is 7.81. The van der Waals surface area contributed by atoms with Crippen molar-refractivity contribution in [1.29, 1.82) is 0 Å². The maximum absolute atomic E-state index is 13.6. The number of hydrogen-bond donors (Lipinski definition) is 3. The van der Waals surface area contributed by atoms with Gasteiger partial charge in [0.25, 0.3) is 0 Å². The third-order valence-corrected chi connectivity index (χ3v) is 9.31. The van der Waals surface area contributed by atoms with Gasteiger partial charge < -0.3 is 53.6 Å². The van der Waals surface area contributed by atoms with Gasteiger partial charge in [0.1, 0.15) is 61.9 Å². The fourth-order valence-corrected chi connectivity index (χ4v) is 6.67. The molecule has 0 spiro atoms. The SMILES string of the molecule is C=[N+](C)C.CN(C)Cc1c(C#Cc2ccc(N(C)CCF)cc2)[nH]c2ncc(F)cc12.CN(C)Cc1c(I)[nH]c2ncc(F)cc12.Fc1cnc2[nH]c(I)cc2c1.[I-]. The molecule has 10 nitrogen and oxygen atoms in total. The van der Waals surface area contributed by atoms with Crippen LogP contribution in [0.4, 0.5) is 23.2 Å². The van der Waals surface area contributed by atoms with E-state index >= 15 is 0 Å². The van der Waals surface area contributed by atoms with Gasteiger partial charge in [-0.3, -0.25) is 0 Å². The maximum Gasteiger partial charge on any atom is 0.142 e. The van der Waals surface area contributed by atoms with Gasteiger partial charge in [0, 0.05) is 65.2 Å². The van der Waals surface area contributed by atoms with E-state index in [4.69, 9.17) is 0 Å². The highest BCUT2D eigenvalue weighted by Gasteiger charge is 2.14. The van der Waals surface area contributed by atoms with E-state index in [0.29, 0.717) is 18.7 Å². The molecule has 0 aliphatic rings. The smallest absolute Gasteiger partial charge is 0.142 e. The van der Waals surface area contributed by atoms with Crippen LogP contribution in [0, 0.1) is 36.7 Å². The van der Waals surface area contributed by atoms with Crippen molar-refractivity contribution < 1.29 is 46.1 Å². The molecule has 0 atom stereocenters. The number of aromatic nitrogens is 6. The number of rotatable bonds is 7. The van der Waals surface area contributed by atoms with Gasteiger partial charge in [0.2, 0.25) is 0 Å². The summed E-state index contributed by atoms with van der Waals surface area (Å²) in [5, 5.41) is 2.43. The lowest BCUT2D eigenvalue weighted by atomic mass is 10.1. The number of aromatic amines is 3. The summed E-state index contributed by atoms with van der Waals surface area (Å²) >= 11 is 4.34. The summed E-state index contributed by atoms with van der Waals surface area (Å²) in [6.07, 6.45) is 3.63. The van der Waals surface area contributed by atoms with Crippen molar-refractivity contribution in [3.05, 3.63) is 114 Å². The summed E-state index contributed by atoms with van der Waals surface area (Å²) in [5.74, 6) is 5.33. The summed E-state index contributed by atoms with van der Waals surface area (Å²) < 4.78 is 55.5. The van der Waals surface area contributed by atoms with E-state index in [9.17, 15) is 17.6 Å². The van der Waals surface area contributed by atoms with Crippen molar-refractivity contribution in [3.63, 3.8) is 0 Å². The Hall–Kier alpha value is -3.85. The van der Waals surface area contributed by atoms with E-state index in [1.54, 1.807) is 4.58 Å². The number of H-pyrrole nitrogens is 3. The highest BCUT2D eigenvalue weighted by atomic mass is 127. The molecule has 0 bridgehead atoms. The Morgan fingerprint density at radius 3 is 1.76 bits per heavy atom. The Labute approximate surface area is 380 Å². The van der Waals surface area contributed by atoms with Gasteiger partial charge in [-0.2, -0.15) is 0 Å². The number of halogens is 7. The van der Waals surface area contributed by atoms with Gasteiger partial charge in [0.15, 0.2) is 0 Å². The fourth-order valence-electron chi connectivity index (χ4n) is 5.37. The number of benzene rings is 1. The van der Waals surface area contributed by atoms with Gasteiger partial charge in [0.05, 0.1) is 31.7 Å². The van der Waals surface area contributed by atoms with Crippen LogP contribution in [-0.2, 0) is 13.1 Å². The van der Waals surface area contributed by atoms with E-state index in [1.807, 2.05) is 89.5 Å². The van der Waals surface area contributed by atoms with Crippen LogP contribution >= 0.6 is 45.2 Å². The van der Waals surface area contributed by atoms with Crippen molar-refractivity contribution in [3.8, 4) is 11.8 Å². The molecule has 3 N–H and O–H groups in total. The van der Waals surface area contributed by atoms with Crippen LogP contribution in [0.3, 0.4) is 0 Å². The molecule has 0 aliphatic carbocycles. The standard InChI is InChI=1S/C21H22F2N4.C10H11FIN3.C7H4FIN2.C3H8N.HI/c1-26(2)14-19-18-12-16(23)13-24-21(18)25-20(19)9-6-15-4-7-17(8-5-15)27(3)11-10-22;1-15(2)5-8-7-3-6(11)4-13-10(7)14-9(8)12;8-5-1-4-2-6(9)11-7(4)10-3-5;1-4(2)3;/h4-5,7-8,12-13H,10-11,14H2,1-3H3,(H,24,25);3-4H,5H2,1-2H3,(H,13,14);1-3H,(H,10,11);1H2,2-3H3;1H/q;;;+1;/p-1. The Morgan fingerprint density at radius 2 is 1.21 bits per heavy atom. The van der Waals surface area contributed by atoms with E-state index in [2.05, 4.69) is 98.5 Å².